The van der Waals surface area contributed by atoms with Crippen molar-refractivity contribution in [1.82, 2.24) is 20.0 Å². The maximum Gasteiger partial charge on any atom is 0.230 e. The fraction of sp³-hybridized carbons (Fsp3) is 0.677. The van der Waals surface area contributed by atoms with E-state index >= 15 is 0 Å². The quantitative estimate of drug-likeness (QED) is 0.485. The number of hydrogen-bond donors (Lipinski definition) is 0. The number of amides is 2. The first-order valence-electron chi connectivity index (χ1n) is 15.0. The molecule has 0 spiro atoms. The molecule has 214 valence electrons. The molecule has 2 aromatic rings. The third kappa shape index (κ3) is 7.47. The number of carbonyl (C=O) groups excluding carboxylic acids is 2. The summed E-state index contributed by atoms with van der Waals surface area (Å²) < 4.78 is 5.75. The molecule has 2 heterocycles. The van der Waals surface area contributed by atoms with E-state index in [2.05, 4.69) is 52.9 Å². The summed E-state index contributed by atoms with van der Waals surface area (Å²) in [6.07, 6.45) is 7.10. The number of benzene rings is 1. The van der Waals surface area contributed by atoms with Gasteiger partial charge in [0.25, 0.3) is 0 Å². The average molecular weight is 538 g/mol. The minimum Gasteiger partial charge on any atom is -0.425 e. The first-order valence-corrected chi connectivity index (χ1v) is 15.0. The molecular weight excluding hydrogens is 490 g/mol. The molecule has 0 unspecified atom stereocenters. The van der Waals surface area contributed by atoms with Crippen LogP contribution in [0.5, 0.6) is 0 Å². The molecule has 1 aliphatic heterocycles. The van der Waals surface area contributed by atoms with Crippen molar-refractivity contribution in [1.29, 1.82) is 0 Å². The molecule has 8 heteroatoms. The Bertz CT molecular complexity index is 1110. The van der Waals surface area contributed by atoms with Gasteiger partial charge >= 0.3 is 0 Å². The number of carbonyl (C=O) groups is 2. The Kier molecular flexibility index (Phi) is 10.2. The van der Waals surface area contributed by atoms with Crippen LogP contribution < -0.4 is 4.90 Å². The number of aryl methyl sites for hydroxylation is 2. The van der Waals surface area contributed by atoms with Crippen LogP contribution in [0.15, 0.2) is 22.6 Å². The zero-order chi connectivity index (χ0) is 27.9. The molecule has 1 aromatic heterocycles. The van der Waals surface area contributed by atoms with E-state index in [1.165, 1.54) is 6.42 Å². The van der Waals surface area contributed by atoms with Crippen molar-refractivity contribution in [3.63, 3.8) is 0 Å². The highest BCUT2D eigenvalue weighted by atomic mass is 16.4. The van der Waals surface area contributed by atoms with Crippen LogP contribution in [0.25, 0.3) is 0 Å². The van der Waals surface area contributed by atoms with Crippen LogP contribution in [0, 0.1) is 12.8 Å². The molecule has 4 rings (SSSR count). The van der Waals surface area contributed by atoms with E-state index < -0.39 is 0 Å². The normalized spacial score (nSPS) is 18.3. The van der Waals surface area contributed by atoms with Gasteiger partial charge < -0.3 is 14.2 Å². The molecule has 8 nitrogen and oxygen atoms in total. The van der Waals surface area contributed by atoms with Gasteiger partial charge in [-0.05, 0) is 51.2 Å². The zero-order valence-electron chi connectivity index (χ0n) is 24.6. The highest BCUT2D eigenvalue weighted by Gasteiger charge is 2.30. The van der Waals surface area contributed by atoms with Gasteiger partial charge in [0.1, 0.15) is 0 Å². The lowest BCUT2D eigenvalue weighted by Crippen LogP contribution is -2.41. The molecule has 0 saturated heterocycles. The molecular formula is C31H47N5O3. The molecule has 2 aliphatic rings. The van der Waals surface area contributed by atoms with Gasteiger partial charge in [0, 0.05) is 63.4 Å². The Morgan fingerprint density at radius 3 is 2.44 bits per heavy atom. The molecule has 1 aliphatic carbocycles. The predicted octanol–water partition coefficient (Wildman–Crippen LogP) is 5.49. The van der Waals surface area contributed by atoms with Gasteiger partial charge in [-0.25, -0.2) is 0 Å². The molecule has 0 bridgehead atoms. The van der Waals surface area contributed by atoms with Crippen molar-refractivity contribution >= 4 is 17.5 Å². The maximum absolute atomic E-state index is 14.0. The summed E-state index contributed by atoms with van der Waals surface area (Å²) in [6, 6.07) is 6.59. The average Bonchev–Trinajstić information content (AvgIpc) is 3.39. The second kappa shape index (κ2) is 13.6. The van der Waals surface area contributed by atoms with E-state index in [4.69, 9.17) is 4.42 Å². The van der Waals surface area contributed by atoms with Crippen molar-refractivity contribution < 1.29 is 14.0 Å². The number of nitrogens with zero attached hydrogens (tertiary/aromatic N) is 5. The van der Waals surface area contributed by atoms with Crippen LogP contribution in [-0.4, -0.2) is 64.0 Å². The van der Waals surface area contributed by atoms with E-state index in [9.17, 15) is 9.59 Å². The van der Waals surface area contributed by atoms with Crippen LogP contribution in [0.1, 0.15) is 101 Å². The lowest BCUT2D eigenvalue weighted by Gasteiger charge is -2.33. The van der Waals surface area contributed by atoms with Gasteiger partial charge in [0.2, 0.25) is 23.6 Å². The zero-order valence-corrected chi connectivity index (χ0v) is 24.6. The largest absolute Gasteiger partial charge is 0.425 e. The van der Waals surface area contributed by atoms with Crippen molar-refractivity contribution in [3.05, 3.63) is 41.1 Å². The fourth-order valence-electron chi connectivity index (χ4n) is 5.92. The number of para-hydroxylation sites is 1. The van der Waals surface area contributed by atoms with Gasteiger partial charge in [0.15, 0.2) is 0 Å². The van der Waals surface area contributed by atoms with Crippen LogP contribution in [0.4, 0.5) is 5.69 Å². The van der Waals surface area contributed by atoms with Crippen LogP contribution >= 0.6 is 0 Å². The molecule has 39 heavy (non-hydrogen) atoms. The molecule has 1 fully saturated rings. The molecule has 0 N–H and O–H groups in total. The Labute approximate surface area is 234 Å². The number of rotatable bonds is 6. The van der Waals surface area contributed by atoms with Gasteiger partial charge in [-0.1, -0.05) is 51.3 Å². The third-order valence-corrected chi connectivity index (χ3v) is 8.27. The predicted molar refractivity (Wildman–Crippen MR) is 154 cm³/mol. The molecule has 2 amide bonds. The minimum atomic E-state index is 0.0693. The maximum atomic E-state index is 14.0. The SMILES string of the molecule is Cc1cccc2c1N(C(=O)C1CCCCC1)CCCN(C(C)C)CCN(C(=O)CCc1nnc(C(C)C)o1)C2. The topological polar surface area (TPSA) is 82.8 Å². The van der Waals surface area contributed by atoms with Crippen LogP contribution in [0.2, 0.25) is 0 Å². The van der Waals surface area contributed by atoms with Crippen LogP contribution in [0.3, 0.4) is 0 Å². The molecule has 1 aromatic carbocycles. The van der Waals surface area contributed by atoms with Crippen molar-refractivity contribution in [2.45, 2.75) is 104 Å². The van der Waals surface area contributed by atoms with E-state index in [-0.39, 0.29) is 23.7 Å². The minimum absolute atomic E-state index is 0.0693. The molecule has 0 atom stereocenters. The summed E-state index contributed by atoms with van der Waals surface area (Å²) in [4.78, 5) is 34.1. The fourth-order valence-corrected chi connectivity index (χ4v) is 5.92. The summed E-state index contributed by atoms with van der Waals surface area (Å²) in [5.41, 5.74) is 3.14. The Morgan fingerprint density at radius 2 is 1.74 bits per heavy atom. The van der Waals surface area contributed by atoms with Gasteiger partial charge in [-0.3, -0.25) is 14.5 Å². The molecule has 0 radical (unpaired) electrons. The summed E-state index contributed by atoms with van der Waals surface area (Å²) in [5.74, 6) is 1.70. The number of anilines is 1. The number of fused-ring (bicyclic) bond motifs is 1. The molecule has 1 saturated carbocycles. The second-order valence-corrected chi connectivity index (χ2v) is 11.9. The first-order chi connectivity index (χ1) is 18.7. The smallest absolute Gasteiger partial charge is 0.230 e. The summed E-state index contributed by atoms with van der Waals surface area (Å²) in [6.45, 7) is 14.1. The Balaban J connectivity index is 1.61. The number of aromatic nitrogens is 2. The first kappa shape index (κ1) is 29.2. The summed E-state index contributed by atoms with van der Waals surface area (Å²) >= 11 is 0. The monoisotopic (exact) mass is 537 g/mol. The Hall–Kier alpha value is -2.74. The van der Waals surface area contributed by atoms with Crippen LogP contribution in [-0.2, 0) is 22.6 Å². The summed E-state index contributed by atoms with van der Waals surface area (Å²) in [7, 11) is 0. The number of hydrogen-bond acceptors (Lipinski definition) is 6. The van der Waals surface area contributed by atoms with Crippen molar-refractivity contribution in [3.8, 4) is 0 Å². The summed E-state index contributed by atoms with van der Waals surface area (Å²) in [5, 5.41) is 8.26. The lowest BCUT2D eigenvalue weighted by atomic mass is 9.87. The lowest BCUT2D eigenvalue weighted by molar-refractivity contribution is -0.132. The van der Waals surface area contributed by atoms with E-state index in [0.717, 1.165) is 62.0 Å². The van der Waals surface area contributed by atoms with E-state index in [1.54, 1.807) is 0 Å². The van der Waals surface area contributed by atoms with Crippen molar-refractivity contribution in [2.24, 2.45) is 5.92 Å². The van der Waals surface area contributed by atoms with E-state index in [1.807, 2.05) is 24.8 Å². The standard InChI is InChI=1S/C31H47N5O3/c1-22(2)30-33-32-27(39-30)15-16-28(37)35-20-19-34(23(3)4)17-10-18-36(31(38)25-12-7-6-8-13-25)29-24(5)11-9-14-26(29)21-35/h9,11,14,22-23,25H,6-8,10,12-13,15-21H2,1-5H3. The second-order valence-electron chi connectivity index (χ2n) is 11.9. The van der Waals surface area contributed by atoms with Gasteiger partial charge in [0.05, 0.1) is 5.69 Å². The third-order valence-electron chi connectivity index (χ3n) is 8.27. The van der Waals surface area contributed by atoms with E-state index in [0.29, 0.717) is 50.3 Å². The van der Waals surface area contributed by atoms with Gasteiger partial charge in [-0.15, -0.1) is 10.2 Å². The highest BCUT2D eigenvalue weighted by Crippen LogP contribution is 2.32. The Morgan fingerprint density at radius 1 is 0.974 bits per heavy atom. The van der Waals surface area contributed by atoms with Gasteiger partial charge in [-0.2, -0.15) is 0 Å². The highest BCUT2D eigenvalue weighted by molar-refractivity contribution is 5.96. The van der Waals surface area contributed by atoms with Crippen molar-refractivity contribution in [2.75, 3.05) is 31.1 Å².